The Morgan fingerprint density at radius 1 is 1.75 bits per heavy atom. The Morgan fingerprint density at radius 2 is 2.50 bits per heavy atom. The second kappa shape index (κ2) is 4.23. The summed E-state index contributed by atoms with van der Waals surface area (Å²) in [5, 5.41) is 10.1. The van der Waals surface area contributed by atoms with E-state index in [2.05, 4.69) is 22.4 Å². The SMILES string of the molecule is Cc1[nH]ncc1CN[C@H](C)CN. The van der Waals surface area contributed by atoms with Gasteiger partial charge in [0.05, 0.1) is 6.20 Å². The zero-order valence-electron chi connectivity index (χ0n) is 7.59. The average Bonchev–Trinajstić information content (AvgIpc) is 2.47. The molecule has 12 heavy (non-hydrogen) atoms. The summed E-state index contributed by atoms with van der Waals surface area (Å²) in [7, 11) is 0. The van der Waals surface area contributed by atoms with Crippen molar-refractivity contribution in [3.05, 3.63) is 17.5 Å². The van der Waals surface area contributed by atoms with Gasteiger partial charge < -0.3 is 11.1 Å². The molecular formula is C8H16N4. The van der Waals surface area contributed by atoms with Crippen LogP contribution in [0.3, 0.4) is 0 Å². The van der Waals surface area contributed by atoms with Gasteiger partial charge in [0.15, 0.2) is 0 Å². The molecule has 4 nitrogen and oxygen atoms in total. The first-order valence-corrected chi connectivity index (χ1v) is 4.16. The van der Waals surface area contributed by atoms with Gasteiger partial charge in [0, 0.05) is 30.4 Å². The van der Waals surface area contributed by atoms with Crippen LogP contribution >= 0.6 is 0 Å². The molecule has 0 bridgehead atoms. The summed E-state index contributed by atoms with van der Waals surface area (Å²) in [6.45, 7) is 5.57. The maximum atomic E-state index is 5.46. The van der Waals surface area contributed by atoms with Crippen molar-refractivity contribution in [3.63, 3.8) is 0 Å². The summed E-state index contributed by atoms with van der Waals surface area (Å²) < 4.78 is 0. The van der Waals surface area contributed by atoms with Crippen LogP contribution in [0.1, 0.15) is 18.2 Å². The third kappa shape index (κ3) is 2.32. The molecule has 1 rings (SSSR count). The summed E-state index contributed by atoms with van der Waals surface area (Å²) >= 11 is 0. The fourth-order valence-corrected chi connectivity index (χ4v) is 0.921. The molecule has 4 heteroatoms. The molecule has 1 aromatic heterocycles. The summed E-state index contributed by atoms with van der Waals surface area (Å²) in [6.07, 6.45) is 1.84. The first-order chi connectivity index (χ1) is 5.74. The molecule has 1 heterocycles. The standard InChI is InChI=1S/C8H16N4/c1-6(3-9)10-4-8-5-11-12-7(8)2/h5-6,10H,3-4,9H2,1-2H3,(H,11,12)/t6-/m1/s1. The van der Waals surface area contributed by atoms with E-state index >= 15 is 0 Å². The van der Waals surface area contributed by atoms with Crippen molar-refractivity contribution in [3.8, 4) is 0 Å². The van der Waals surface area contributed by atoms with Gasteiger partial charge in [-0.25, -0.2) is 0 Å². The van der Waals surface area contributed by atoms with Crippen molar-refractivity contribution >= 4 is 0 Å². The molecule has 4 N–H and O–H groups in total. The minimum Gasteiger partial charge on any atom is -0.329 e. The summed E-state index contributed by atoms with van der Waals surface area (Å²) in [5.74, 6) is 0. The number of nitrogens with zero attached hydrogens (tertiary/aromatic N) is 1. The average molecular weight is 168 g/mol. The summed E-state index contributed by atoms with van der Waals surface area (Å²) in [4.78, 5) is 0. The lowest BCUT2D eigenvalue weighted by Gasteiger charge is -2.09. The molecule has 1 atom stereocenters. The van der Waals surface area contributed by atoms with Crippen LogP contribution in [0.25, 0.3) is 0 Å². The molecule has 1 aromatic rings. The second-order valence-corrected chi connectivity index (χ2v) is 3.04. The van der Waals surface area contributed by atoms with Gasteiger partial charge in [0.2, 0.25) is 0 Å². The van der Waals surface area contributed by atoms with Crippen molar-refractivity contribution in [2.24, 2.45) is 5.73 Å². The van der Waals surface area contributed by atoms with Crippen molar-refractivity contribution < 1.29 is 0 Å². The molecule has 0 fully saturated rings. The van der Waals surface area contributed by atoms with E-state index in [1.165, 1.54) is 5.56 Å². The Labute approximate surface area is 72.5 Å². The van der Waals surface area contributed by atoms with Crippen molar-refractivity contribution in [2.75, 3.05) is 6.54 Å². The molecule has 0 unspecified atom stereocenters. The third-order valence-electron chi connectivity index (χ3n) is 1.93. The highest BCUT2D eigenvalue weighted by molar-refractivity contribution is 5.13. The fourth-order valence-electron chi connectivity index (χ4n) is 0.921. The molecule has 0 radical (unpaired) electrons. The van der Waals surface area contributed by atoms with E-state index < -0.39 is 0 Å². The Bertz CT molecular complexity index is 231. The third-order valence-corrected chi connectivity index (χ3v) is 1.93. The molecule has 0 aliphatic carbocycles. The summed E-state index contributed by atoms with van der Waals surface area (Å²) in [5.41, 5.74) is 7.78. The lowest BCUT2D eigenvalue weighted by molar-refractivity contribution is 0.555. The number of nitrogens with one attached hydrogen (secondary N) is 2. The Balaban J connectivity index is 2.38. The molecule has 0 aromatic carbocycles. The highest BCUT2D eigenvalue weighted by Crippen LogP contribution is 2.01. The predicted octanol–water partition coefficient (Wildman–Crippen LogP) is 0.155. The van der Waals surface area contributed by atoms with Gasteiger partial charge in [-0.15, -0.1) is 0 Å². The first-order valence-electron chi connectivity index (χ1n) is 4.16. The van der Waals surface area contributed by atoms with Crippen molar-refractivity contribution in [1.29, 1.82) is 0 Å². The van der Waals surface area contributed by atoms with Gasteiger partial charge in [-0.1, -0.05) is 0 Å². The van der Waals surface area contributed by atoms with Crippen LogP contribution in [-0.2, 0) is 6.54 Å². The van der Waals surface area contributed by atoms with Gasteiger partial charge in [-0.2, -0.15) is 5.10 Å². The second-order valence-electron chi connectivity index (χ2n) is 3.04. The zero-order chi connectivity index (χ0) is 8.97. The number of aromatic amines is 1. The van der Waals surface area contributed by atoms with Crippen LogP contribution in [0.4, 0.5) is 0 Å². The van der Waals surface area contributed by atoms with Crippen LogP contribution in [0, 0.1) is 6.92 Å². The molecular weight excluding hydrogens is 152 g/mol. The number of H-pyrrole nitrogens is 1. The normalized spacial score (nSPS) is 13.2. The van der Waals surface area contributed by atoms with Crippen LogP contribution in [0.5, 0.6) is 0 Å². The number of rotatable bonds is 4. The largest absolute Gasteiger partial charge is 0.329 e. The smallest absolute Gasteiger partial charge is 0.0535 e. The van der Waals surface area contributed by atoms with E-state index in [0.29, 0.717) is 12.6 Å². The quantitative estimate of drug-likeness (QED) is 0.599. The molecule has 68 valence electrons. The Kier molecular flexibility index (Phi) is 3.25. The van der Waals surface area contributed by atoms with Gasteiger partial charge in [0.25, 0.3) is 0 Å². The molecule has 0 saturated carbocycles. The highest BCUT2D eigenvalue weighted by Gasteiger charge is 2.01. The van der Waals surface area contributed by atoms with Gasteiger partial charge in [-0.05, 0) is 13.8 Å². The minimum absolute atomic E-state index is 0.360. The molecule has 0 aliphatic heterocycles. The maximum absolute atomic E-state index is 5.46. The van der Waals surface area contributed by atoms with Gasteiger partial charge in [0.1, 0.15) is 0 Å². The molecule has 0 saturated heterocycles. The Morgan fingerprint density at radius 3 is 3.00 bits per heavy atom. The van der Waals surface area contributed by atoms with Crippen molar-refractivity contribution in [2.45, 2.75) is 26.4 Å². The van der Waals surface area contributed by atoms with E-state index in [1.807, 2.05) is 13.1 Å². The number of nitrogens with two attached hydrogens (primary N) is 1. The minimum atomic E-state index is 0.360. The number of aromatic nitrogens is 2. The van der Waals surface area contributed by atoms with E-state index in [4.69, 9.17) is 5.73 Å². The molecule has 0 amide bonds. The lowest BCUT2D eigenvalue weighted by Crippen LogP contribution is -2.32. The number of aryl methyl sites for hydroxylation is 1. The van der Waals surface area contributed by atoms with Crippen LogP contribution in [0.2, 0.25) is 0 Å². The van der Waals surface area contributed by atoms with E-state index in [-0.39, 0.29) is 0 Å². The number of hydrogen-bond acceptors (Lipinski definition) is 3. The predicted molar refractivity (Wildman–Crippen MR) is 48.7 cm³/mol. The Hall–Kier alpha value is -0.870. The van der Waals surface area contributed by atoms with E-state index in [1.54, 1.807) is 0 Å². The zero-order valence-corrected chi connectivity index (χ0v) is 7.59. The number of hydrogen-bond donors (Lipinski definition) is 3. The lowest BCUT2D eigenvalue weighted by atomic mass is 10.2. The van der Waals surface area contributed by atoms with Crippen LogP contribution in [-0.4, -0.2) is 22.8 Å². The monoisotopic (exact) mass is 168 g/mol. The van der Waals surface area contributed by atoms with Crippen LogP contribution in [0.15, 0.2) is 6.20 Å². The van der Waals surface area contributed by atoms with Gasteiger partial charge >= 0.3 is 0 Å². The van der Waals surface area contributed by atoms with Crippen molar-refractivity contribution in [1.82, 2.24) is 15.5 Å². The van der Waals surface area contributed by atoms with Gasteiger partial charge in [-0.3, -0.25) is 5.10 Å². The topological polar surface area (TPSA) is 66.7 Å². The molecule has 0 aliphatic rings. The maximum Gasteiger partial charge on any atom is 0.0535 e. The fraction of sp³-hybridized carbons (Fsp3) is 0.625. The van der Waals surface area contributed by atoms with Crippen LogP contribution < -0.4 is 11.1 Å². The molecule has 0 spiro atoms. The highest BCUT2D eigenvalue weighted by atomic mass is 15.1. The summed E-state index contributed by atoms with van der Waals surface area (Å²) in [6, 6.07) is 0.360. The van der Waals surface area contributed by atoms with E-state index in [0.717, 1.165) is 12.2 Å². The van der Waals surface area contributed by atoms with E-state index in [9.17, 15) is 0 Å². The first kappa shape index (κ1) is 9.22.